The van der Waals surface area contributed by atoms with E-state index in [0.717, 1.165) is 5.56 Å². The van der Waals surface area contributed by atoms with Crippen LogP contribution in [-0.4, -0.2) is 15.9 Å². The molecule has 0 aliphatic rings. The second-order valence-corrected chi connectivity index (χ2v) is 6.81. The number of ether oxygens (including phenoxy) is 2. The number of hydrogen-bond donors (Lipinski definition) is 1. The lowest BCUT2D eigenvalue weighted by molar-refractivity contribution is 0.0320. The van der Waals surface area contributed by atoms with Gasteiger partial charge in [-0.15, -0.1) is 0 Å². The number of fused-ring (bicyclic) bond motifs is 1. The van der Waals surface area contributed by atoms with Crippen molar-refractivity contribution in [3.63, 3.8) is 0 Å². The molecule has 1 atom stereocenters. The molecule has 0 aliphatic heterocycles. The van der Waals surface area contributed by atoms with E-state index in [4.69, 9.17) is 9.47 Å². The molecule has 0 bridgehead atoms. The summed E-state index contributed by atoms with van der Waals surface area (Å²) in [6, 6.07) is 23.6. The molecule has 0 aliphatic carbocycles. The largest absolute Gasteiger partial charge is 0.489 e. The van der Waals surface area contributed by atoms with Crippen molar-refractivity contribution in [1.29, 1.82) is 0 Å². The zero-order chi connectivity index (χ0) is 20.9. The highest BCUT2D eigenvalue weighted by Gasteiger charge is 2.17. The number of esters is 1. The van der Waals surface area contributed by atoms with E-state index < -0.39 is 12.1 Å². The first kappa shape index (κ1) is 19.4. The highest BCUT2D eigenvalue weighted by atomic mass is 16.5. The van der Waals surface area contributed by atoms with Gasteiger partial charge in [-0.2, -0.15) is 0 Å². The second kappa shape index (κ2) is 8.61. The van der Waals surface area contributed by atoms with Crippen molar-refractivity contribution in [1.82, 2.24) is 9.97 Å². The fraction of sp³-hybridized carbons (Fsp3) is 0.125. The number of carbonyl (C=O) groups excluding carboxylic acids is 1. The van der Waals surface area contributed by atoms with Crippen LogP contribution in [0.5, 0.6) is 5.75 Å². The molecule has 4 rings (SSSR count). The Bertz CT molecular complexity index is 1220. The predicted octanol–water partition coefficient (Wildman–Crippen LogP) is 4.42. The lowest BCUT2D eigenvalue weighted by atomic mass is 10.2. The van der Waals surface area contributed by atoms with Crippen LogP contribution < -0.4 is 10.3 Å². The molecule has 1 N–H and O–H groups in total. The molecular formula is C24H20N2O4. The van der Waals surface area contributed by atoms with Crippen LogP contribution in [0.2, 0.25) is 0 Å². The first-order valence-corrected chi connectivity index (χ1v) is 9.57. The van der Waals surface area contributed by atoms with Crippen molar-refractivity contribution in [3.8, 4) is 5.75 Å². The summed E-state index contributed by atoms with van der Waals surface area (Å²) < 4.78 is 11.2. The summed E-state index contributed by atoms with van der Waals surface area (Å²) in [4.78, 5) is 31.8. The second-order valence-electron chi connectivity index (χ2n) is 6.81. The molecule has 6 nitrogen and oxygen atoms in total. The Morgan fingerprint density at radius 2 is 1.67 bits per heavy atom. The lowest BCUT2D eigenvalue weighted by Gasteiger charge is -2.13. The average molecular weight is 400 g/mol. The van der Waals surface area contributed by atoms with E-state index in [-0.39, 0.29) is 5.56 Å². The van der Waals surface area contributed by atoms with Crippen molar-refractivity contribution in [2.45, 2.75) is 19.6 Å². The van der Waals surface area contributed by atoms with Crippen LogP contribution in [0.4, 0.5) is 0 Å². The van der Waals surface area contributed by atoms with Gasteiger partial charge >= 0.3 is 5.97 Å². The lowest BCUT2D eigenvalue weighted by Crippen LogP contribution is -2.17. The number of benzene rings is 3. The first-order chi connectivity index (χ1) is 14.6. The Labute approximate surface area is 173 Å². The molecule has 30 heavy (non-hydrogen) atoms. The molecule has 0 saturated heterocycles. The van der Waals surface area contributed by atoms with E-state index in [1.54, 1.807) is 55.5 Å². The van der Waals surface area contributed by atoms with E-state index in [1.807, 2.05) is 30.3 Å². The minimum atomic E-state index is -0.705. The van der Waals surface area contributed by atoms with Gasteiger partial charge in [0.05, 0.1) is 16.5 Å². The van der Waals surface area contributed by atoms with Gasteiger partial charge in [0.25, 0.3) is 5.56 Å². The first-order valence-electron chi connectivity index (χ1n) is 9.57. The molecular weight excluding hydrogens is 380 g/mol. The number of aromatic amines is 1. The number of para-hydroxylation sites is 1. The molecule has 3 aromatic carbocycles. The van der Waals surface area contributed by atoms with Gasteiger partial charge in [0.15, 0.2) is 11.9 Å². The van der Waals surface area contributed by atoms with E-state index >= 15 is 0 Å². The Balaban J connectivity index is 1.41. The monoisotopic (exact) mass is 400 g/mol. The van der Waals surface area contributed by atoms with Gasteiger partial charge in [-0.25, -0.2) is 9.78 Å². The van der Waals surface area contributed by atoms with Crippen LogP contribution in [-0.2, 0) is 11.3 Å². The third-order valence-corrected chi connectivity index (χ3v) is 4.64. The summed E-state index contributed by atoms with van der Waals surface area (Å²) in [6.45, 7) is 2.12. The van der Waals surface area contributed by atoms with Crippen molar-refractivity contribution in [3.05, 3.63) is 106 Å². The zero-order valence-electron chi connectivity index (χ0n) is 16.4. The Morgan fingerprint density at radius 3 is 2.43 bits per heavy atom. The molecule has 6 heteroatoms. The average Bonchev–Trinajstić information content (AvgIpc) is 2.78. The van der Waals surface area contributed by atoms with E-state index in [9.17, 15) is 9.59 Å². The summed E-state index contributed by atoms with van der Waals surface area (Å²) in [5.41, 5.74) is 1.74. The fourth-order valence-electron chi connectivity index (χ4n) is 3.01. The minimum absolute atomic E-state index is 0.265. The van der Waals surface area contributed by atoms with Crippen LogP contribution in [0.15, 0.2) is 83.7 Å². The maximum atomic E-state index is 12.5. The molecule has 1 heterocycles. The third-order valence-electron chi connectivity index (χ3n) is 4.64. The number of H-pyrrole nitrogens is 1. The Hall–Kier alpha value is -3.93. The van der Waals surface area contributed by atoms with E-state index in [0.29, 0.717) is 34.6 Å². The highest BCUT2D eigenvalue weighted by Crippen LogP contribution is 2.19. The van der Waals surface area contributed by atoms with Gasteiger partial charge in [-0.05, 0) is 48.9 Å². The zero-order valence-corrected chi connectivity index (χ0v) is 16.4. The number of nitrogens with zero attached hydrogens (tertiary/aromatic N) is 1. The molecule has 0 radical (unpaired) electrons. The van der Waals surface area contributed by atoms with Crippen molar-refractivity contribution >= 4 is 16.9 Å². The SMILES string of the molecule is C[C@H](OC(=O)c1ccc(OCc2ccccc2)cc1)c1nc2ccccc2c(=O)[nH]1. The number of rotatable bonds is 6. The van der Waals surface area contributed by atoms with E-state index in [1.165, 1.54) is 0 Å². The molecule has 1 aromatic heterocycles. The standard InChI is InChI=1S/C24H20N2O4/c1-16(22-25-21-10-6-5-9-20(21)23(27)26-22)30-24(28)18-11-13-19(14-12-18)29-15-17-7-3-2-4-8-17/h2-14,16H,15H2,1H3,(H,25,26,27)/t16-/m0/s1. The third kappa shape index (κ3) is 4.38. The van der Waals surface area contributed by atoms with Crippen LogP contribution in [0.3, 0.4) is 0 Å². The Morgan fingerprint density at radius 1 is 0.967 bits per heavy atom. The maximum absolute atomic E-state index is 12.5. The normalized spacial score (nSPS) is 11.8. The van der Waals surface area contributed by atoms with Crippen LogP contribution in [0, 0.1) is 0 Å². The van der Waals surface area contributed by atoms with Gasteiger partial charge in [0.1, 0.15) is 12.4 Å². The van der Waals surface area contributed by atoms with Crippen LogP contribution >= 0.6 is 0 Å². The summed E-state index contributed by atoms with van der Waals surface area (Å²) >= 11 is 0. The summed E-state index contributed by atoms with van der Waals surface area (Å²) in [5, 5.41) is 0.492. The molecule has 0 spiro atoms. The molecule has 0 saturated carbocycles. The van der Waals surface area contributed by atoms with E-state index in [2.05, 4.69) is 9.97 Å². The minimum Gasteiger partial charge on any atom is -0.489 e. The topological polar surface area (TPSA) is 81.3 Å². The summed E-state index contributed by atoms with van der Waals surface area (Å²) in [5.74, 6) is 0.451. The number of aromatic nitrogens is 2. The van der Waals surface area contributed by atoms with Gasteiger partial charge in [0.2, 0.25) is 0 Å². The van der Waals surface area contributed by atoms with Gasteiger partial charge in [-0.3, -0.25) is 4.79 Å². The number of carbonyl (C=O) groups is 1. The van der Waals surface area contributed by atoms with Crippen molar-refractivity contribution < 1.29 is 14.3 Å². The summed E-state index contributed by atoms with van der Waals surface area (Å²) in [6.07, 6.45) is -0.705. The fourth-order valence-corrected chi connectivity index (χ4v) is 3.01. The molecule has 4 aromatic rings. The van der Waals surface area contributed by atoms with Crippen molar-refractivity contribution in [2.24, 2.45) is 0 Å². The maximum Gasteiger partial charge on any atom is 0.338 e. The smallest absolute Gasteiger partial charge is 0.338 e. The molecule has 0 fully saturated rings. The molecule has 0 amide bonds. The summed E-state index contributed by atoms with van der Waals surface area (Å²) in [7, 11) is 0. The number of hydrogen-bond acceptors (Lipinski definition) is 5. The molecule has 0 unspecified atom stereocenters. The predicted molar refractivity (Wildman–Crippen MR) is 113 cm³/mol. The van der Waals surface area contributed by atoms with Crippen molar-refractivity contribution in [2.75, 3.05) is 0 Å². The van der Waals surface area contributed by atoms with Crippen LogP contribution in [0.25, 0.3) is 10.9 Å². The van der Waals surface area contributed by atoms with Crippen LogP contribution in [0.1, 0.15) is 34.8 Å². The highest BCUT2D eigenvalue weighted by molar-refractivity contribution is 5.89. The molecule has 150 valence electrons. The quantitative estimate of drug-likeness (QED) is 0.485. The Kier molecular flexibility index (Phi) is 5.57. The van der Waals surface area contributed by atoms with Gasteiger partial charge in [0, 0.05) is 0 Å². The van der Waals surface area contributed by atoms with Gasteiger partial charge in [-0.1, -0.05) is 42.5 Å². The van der Waals surface area contributed by atoms with Gasteiger partial charge < -0.3 is 14.5 Å². The number of nitrogens with one attached hydrogen (secondary N) is 1.